The summed E-state index contributed by atoms with van der Waals surface area (Å²) in [6.45, 7) is 0. The Morgan fingerprint density at radius 3 is 2.45 bits per heavy atom. The fraction of sp³-hybridized carbons (Fsp3) is 0.250. The summed E-state index contributed by atoms with van der Waals surface area (Å²) in [4.78, 5) is 0. The van der Waals surface area contributed by atoms with Gasteiger partial charge in [0.25, 0.3) is 5.95 Å². The van der Waals surface area contributed by atoms with Crippen LogP contribution in [0.3, 0.4) is 0 Å². The Bertz CT molecular complexity index is 259. The molecule has 11 heavy (non-hydrogen) atoms. The average molecular weight is 152 g/mol. The van der Waals surface area contributed by atoms with Crippen molar-refractivity contribution in [1.82, 2.24) is 0 Å². The summed E-state index contributed by atoms with van der Waals surface area (Å²) in [5.41, 5.74) is 0. The van der Waals surface area contributed by atoms with E-state index in [-0.39, 0.29) is 5.95 Å². The normalized spacial score (nSPS) is 22.9. The van der Waals surface area contributed by atoms with Crippen LogP contribution in [0, 0.1) is 0 Å². The smallest absolute Gasteiger partial charge is 0.281 e. The van der Waals surface area contributed by atoms with Crippen LogP contribution < -0.4 is 0 Å². The molecule has 2 aliphatic rings. The monoisotopic (exact) mass is 152 g/mol. The first kappa shape index (κ1) is 6.34. The first-order valence-corrected chi connectivity index (χ1v) is 3.45. The van der Waals surface area contributed by atoms with Crippen LogP contribution in [0.1, 0.15) is 6.42 Å². The standard InChI is InChI=1S/C4H4O2.C4H4O/c5-4-2-1-3-6-4;1-2-4-3(1)5-4/h1-3,5H;1,4H,2H2. The molecule has 0 bridgehead atoms. The van der Waals surface area contributed by atoms with Crippen molar-refractivity contribution >= 4 is 0 Å². The van der Waals surface area contributed by atoms with Crippen molar-refractivity contribution in [3.63, 3.8) is 0 Å². The van der Waals surface area contributed by atoms with Gasteiger partial charge in [0, 0.05) is 12.5 Å². The summed E-state index contributed by atoms with van der Waals surface area (Å²) in [6, 6.07) is 3.09. The van der Waals surface area contributed by atoms with E-state index in [1.54, 1.807) is 6.07 Å². The van der Waals surface area contributed by atoms with E-state index in [4.69, 9.17) is 9.84 Å². The van der Waals surface area contributed by atoms with Gasteiger partial charge in [-0.15, -0.1) is 0 Å². The van der Waals surface area contributed by atoms with Gasteiger partial charge >= 0.3 is 0 Å². The third-order valence-electron chi connectivity index (χ3n) is 1.58. The van der Waals surface area contributed by atoms with Crippen molar-refractivity contribution < 1.29 is 14.3 Å². The SMILES string of the molecule is C1=C2OC2C1.Oc1ccco1. The lowest BCUT2D eigenvalue weighted by Crippen LogP contribution is -1.85. The van der Waals surface area contributed by atoms with Crippen LogP contribution in [0.2, 0.25) is 0 Å². The topological polar surface area (TPSA) is 45.9 Å². The molecule has 0 radical (unpaired) electrons. The Morgan fingerprint density at radius 1 is 1.55 bits per heavy atom. The molecule has 1 aliphatic heterocycles. The van der Waals surface area contributed by atoms with Crippen molar-refractivity contribution in [2.75, 3.05) is 0 Å². The Kier molecular flexibility index (Phi) is 1.35. The highest BCUT2D eigenvalue weighted by Gasteiger charge is 2.38. The molecule has 0 spiro atoms. The summed E-state index contributed by atoms with van der Waals surface area (Å²) in [5, 5.41) is 8.31. The van der Waals surface area contributed by atoms with Crippen LogP contribution in [0.4, 0.5) is 0 Å². The minimum absolute atomic E-state index is 0.0324. The van der Waals surface area contributed by atoms with Gasteiger partial charge in [-0.25, -0.2) is 0 Å². The van der Waals surface area contributed by atoms with Crippen molar-refractivity contribution in [3.05, 3.63) is 30.2 Å². The quantitative estimate of drug-likeness (QED) is 0.575. The van der Waals surface area contributed by atoms with Crippen molar-refractivity contribution in [2.24, 2.45) is 0 Å². The molecular formula is C8H8O3. The maximum absolute atomic E-state index is 8.31. The van der Waals surface area contributed by atoms with Gasteiger partial charge in [0.15, 0.2) is 6.10 Å². The summed E-state index contributed by atoms with van der Waals surface area (Å²) in [5.74, 6) is 1.19. The van der Waals surface area contributed by atoms with Gasteiger partial charge in [0.1, 0.15) is 5.76 Å². The molecule has 1 fully saturated rings. The minimum Gasteiger partial charge on any atom is -0.483 e. The molecular weight excluding hydrogens is 144 g/mol. The van der Waals surface area contributed by atoms with Crippen molar-refractivity contribution in [2.45, 2.75) is 12.5 Å². The number of furan rings is 1. The highest BCUT2D eigenvalue weighted by Crippen LogP contribution is 2.39. The fourth-order valence-corrected chi connectivity index (χ4v) is 0.807. The van der Waals surface area contributed by atoms with Gasteiger partial charge in [-0.1, -0.05) is 0 Å². The van der Waals surface area contributed by atoms with Gasteiger partial charge in [0.2, 0.25) is 0 Å². The second kappa shape index (κ2) is 2.34. The summed E-state index contributed by atoms with van der Waals surface area (Å²) < 4.78 is 9.28. The molecule has 1 unspecified atom stereocenters. The van der Waals surface area contributed by atoms with E-state index in [0.29, 0.717) is 6.10 Å². The zero-order valence-corrected chi connectivity index (χ0v) is 5.86. The first-order valence-electron chi connectivity index (χ1n) is 3.45. The largest absolute Gasteiger partial charge is 0.483 e. The molecule has 2 heterocycles. The van der Waals surface area contributed by atoms with Crippen LogP contribution in [0.15, 0.2) is 34.6 Å². The zero-order valence-electron chi connectivity index (χ0n) is 5.86. The van der Waals surface area contributed by atoms with Gasteiger partial charge in [-0.3, -0.25) is 0 Å². The predicted octanol–water partition coefficient (Wildman–Crippen LogP) is 1.66. The van der Waals surface area contributed by atoms with Crippen LogP contribution in [0.25, 0.3) is 0 Å². The number of epoxide rings is 1. The van der Waals surface area contributed by atoms with Crippen molar-refractivity contribution in [1.29, 1.82) is 0 Å². The number of aromatic hydroxyl groups is 1. The second-order valence-corrected chi connectivity index (χ2v) is 2.40. The third-order valence-corrected chi connectivity index (χ3v) is 1.58. The average Bonchev–Trinajstić information content (AvgIpc) is 2.43. The molecule has 3 heteroatoms. The van der Waals surface area contributed by atoms with Gasteiger partial charge in [-0.2, -0.15) is 0 Å². The van der Waals surface area contributed by atoms with Gasteiger partial charge in [-0.05, 0) is 12.1 Å². The number of hydrogen-bond acceptors (Lipinski definition) is 3. The van der Waals surface area contributed by atoms with E-state index >= 15 is 0 Å². The molecule has 0 aromatic carbocycles. The second-order valence-electron chi connectivity index (χ2n) is 2.40. The lowest BCUT2D eigenvalue weighted by Gasteiger charge is -1.80. The van der Waals surface area contributed by atoms with Crippen LogP contribution >= 0.6 is 0 Å². The van der Waals surface area contributed by atoms with Crippen LogP contribution in [-0.4, -0.2) is 11.2 Å². The van der Waals surface area contributed by atoms with Gasteiger partial charge < -0.3 is 14.3 Å². The Labute approximate surface area is 63.9 Å². The molecule has 1 aliphatic carbocycles. The Morgan fingerprint density at radius 2 is 2.36 bits per heavy atom. The minimum atomic E-state index is -0.0324. The molecule has 3 rings (SSSR count). The Balaban J connectivity index is 0.0000000880. The molecule has 0 saturated carbocycles. The molecule has 0 amide bonds. The molecule has 1 aromatic heterocycles. The van der Waals surface area contributed by atoms with E-state index in [0.717, 1.165) is 0 Å². The zero-order chi connectivity index (χ0) is 7.68. The fourth-order valence-electron chi connectivity index (χ4n) is 0.807. The number of ether oxygens (including phenoxy) is 1. The Hall–Kier alpha value is -1.38. The lowest BCUT2D eigenvalue weighted by molar-refractivity contribution is 0.332. The highest BCUT2D eigenvalue weighted by atomic mass is 16.6. The molecule has 3 nitrogen and oxygen atoms in total. The molecule has 1 saturated heterocycles. The van der Waals surface area contributed by atoms with E-state index in [2.05, 4.69) is 10.5 Å². The van der Waals surface area contributed by atoms with Crippen LogP contribution in [0.5, 0.6) is 5.95 Å². The maximum atomic E-state index is 8.31. The summed E-state index contributed by atoms with van der Waals surface area (Å²) >= 11 is 0. The van der Waals surface area contributed by atoms with Crippen molar-refractivity contribution in [3.8, 4) is 5.95 Å². The van der Waals surface area contributed by atoms with E-state index < -0.39 is 0 Å². The lowest BCUT2D eigenvalue weighted by atomic mass is 10.1. The molecule has 58 valence electrons. The van der Waals surface area contributed by atoms with Crippen LogP contribution in [-0.2, 0) is 4.74 Å². The number of rotatable bonds is 0. The predicted molar refractivity (Wildman–Crippen MR) is 37.9 cm³/mol. The van der Waals surface area contributed by atoms with E-state index in [1.165, 1.54) is 24.5 Å². The summed E-state index contributed by atoms with van der Waals surface area (Å²) in [7, 11) is 0. The summed E-state index contributed by atoms with van der Waals surface area (Å²) in [6.07, 6.45) is 5.30. The highest BCUT2D eigenvalue weighted by molar-refractivity contribution is 5.25. The van der Waals surface area contributed by atoms with E-state index in [9.17, 15) is 0 Å². The third kappa shape index (κ3) is 1.37. The molecule has 1 N–H and O–H groups in total. The van der Waals surface area contributed by atoms with Gasteiger partial charge in [0.05, 0.1) is 6.26 Å². The molecule has 1 aromatic rings. The van der Waals surface area contributed by atoms with E-state index in [1.807, 2.05) is 0 Å². The first-order chi connectivity index (χ1) is 5.36. The number of hydrogen-bond donors (Lipinski definition) is 1. The molecule has 1 atom stereocenters. The maximum Gasteiger partial charge on any atom is 0.281 e. The number of fused-ring (bicyclic) bond motifs is 1.